The van der Waals surface area contributed by atoms with Gasteiger partial charge in [-0.05, 0) is 65.7 Å². The zero-order chi connectivity index (χ0) is 24.2. The van der Waals surface area contributed by atoms with Crippen molar-refractivity contribution in [3.05, 3.63) is 104 Å². The molecule has 0 saturated carbocycles. The molecule has 1 aliphatic rings. The Morgan fingerprint density at radius 3 is 2.38 bits per heavy atom. The maximum absolute atomic E-state index is 13.0. The van der Waals surface area contributed by atoms with Crippen LogP contribution in [0.5, 0.6) is 5.75 Å². The Hall–Kier alpha value is -4.31. The molecule has 0 aromatic heterocycles. The van der Waals surface area contributed by atoms with Crippen LogP contribution in [0.1, 0.15) is 11.1 Å². The second-order valence-corrected chi connectivity index (χ2v) is 8.13. The Morgan fingerprint density at radius 2 is 1.71 bits per heavy atom. The topological polar surface area (TPSA) is 119 Å². The lowest BCUT2D eigenvalue weighted by molar-refractivity contribution is -0.384. The number of non-ortho nitro benzene ring substituents is 1. The van der Waals surface area contributed by atoms with Gasteiger partial charge in [-0.25, -0.2) is 9.69 Å². The molecule has 3 aromatic rings. The van der Waals surface area contributed by atoms with Crippen molar-refractivity contribution >= 4 is 51.2 Å². The molecule has 1 heterocycles. The molecule has 0 radical (unpaired) electrons. The van der Waals surface area contributed by atoms with E-state index >= 15 is 0 Å². The van der Waals surface area contributed by atoms with E-state index in [0.717, 1.165) is 14.9 Å². The van der Waals surface area contributed by atoms with Gasteiger partial charge in [0.1, 0.15) is 17.9 Å². The highest BCUT2D eigenvalue weighted by Gasteiger charge is 2.36. The van der Waals surface area contributed by atoms with Crippen LogP contribution in [-0.2, 0) is 16.2 Å². The molecule has 0 aliphatic carbocycles. The molecule has 4 amide bonds. The van der Waals surface area contributed by atoms with Crippen LogP contribution >= 0.6 is 15.9 Å². The molecule has 10 heteroatoms. The second-order valence-electron chi connectivity index (χ2n) is 7.22. The van der Waals surface area contributed by atoms with Gasteiger partial charge in [0.2, 0.25) is 0 Å². The molecule has 0 atom stereocenters. The van der Waals surface area contributed by atoms with Crippen molar-refractivity contribution in [2.24, 2.45) is 0 Å². The van der Waals surface area contributed by atoms with Crippen LogP contribution in [0.25, 0.3) is 6.08 Å². The molecule has 1 aliphatic heterocycles. The average Bonchev–Trinajstić information content (AvgIpc) is 2.82. The number of anilines is 1. The molecule has 170 valence electrons. The van der Waals surface area contributed by atoms with E-state index in [1.165, 1.54) is 18.2 Å². The van der Waals surface area contributed by atoms with Gasteiger partial charge in [-0.1, -0.05) is 28.1 Å². The van der Waals surface area contributed by atoms with E-state index in [1.54, 1.807) is 60.7 Å². The Kier molecular flexibility index (Phi) is 6.51. The molecule has 1 fully saturated rings. The average molecular weight is 522 g/mol. The second kappa shape index (κ2) is 9.67. The number of barbiturate groups is 1. The van der Waals surface area contributed by atoms with Crippen LogP contribution < -0.4 is 15.0 Å². The largest absolute Gasteiger partial charge is 0.489 e. The van der Waals surface area contributed by atoms with Crippen molar-refractivity contribution in [1.29, 1.82) is 0 Å². The van der Waals surface area contributed by atoms with Crippen LogP contribution in [0, 0.1) is 10.1 Å². The lowest BCUT2D eigenvalue weighted by Gasteiger charge is -2.26. The summed E-state index contributed by atoms with van der Waals surface area (Å²) in [4.78, 5) is 48.9. The molecule has 9 nitrogen and oxygen atoms in total. The number of nitro groups is 1. The number of carbonyl (C=O) groups is 3. The number of nitrogens with one attached hydrogen (secondary N) is 1. The first-order valence-electron chi connectivity index (χ1n) is 9.95. The first kappa shape index (κ1) is 22.9. The van der Waals surface area contributed by atoms with E-state index < -0.39 is 22.8 Å². The third-order valence-electron chi connectivity index (χ3n) is 4.91. The molecule has 3 aromatic carbocycles. The Balaban J connectivity index is 1.53. The summed E-state index contributed by atoms with van der Waals surface area (Å²) in [6.45, 7) is 0.170. The van der Waals surface area contributed by atoms with Gasteiger partial charge in [-0.15, -0.1) is 0 Å². The van der Waals surface area contributed by atoms with Gasteiger partial charge in [-0.2, -0.15) is 0 Å². The summed E-state index contributed by atoms with van der Waals surface area (Å²) >= 11 is 3.30. The van der Waals surface area contributed by atoms with Crippen LogP contribution in [0.4, 0.5) is 16.2 Å². The Labute approximate surface area is 201 Å². The number of imide groups is 2. The molecular formula is C24H16BrN3O6. The van der Waals surface area contributed by atoms with E-state index in [2.05, 4.69) is 21.2 Å². The predicted octanol–water partition coefficient (Wildman–Crippen LogP) is 4.60. The third-order valence-corrected chi connectivity index (χ3v) is 5.44. The fourth-order valence-electron chi connectivity index (χ4n) is 3.22. The summed E-state index contributed by atoms with van der Waals surface area (Å²) in [5.41, 5.74) is 1.37. The van der Waals surface area contributed by atoms with E-state index in [0.29, 0.717) is 17.0 Å². The highest BCUT2D eigenvalue weighted by molar-refractivity contribution is 9.10. The van der Waals surface area contributed by atoms with Gasteiger partial charge >= 0.3 is 6.03 Å². The predicted molar refractivity (Wildman–Crippen MR) is 127 cm³/mol. The molecule has 1 saturated heterocycles. The first-order valence-corrected chi connectivity index (χ1v) is 10.7. The lowest BCUT2D eigenvalue weighted by atomic mass is 10.1. The van der Waals surface area contributed by atoms with Gasteiger partial charge in [0.15, 0.2) is 0 Å². The Morgan fingerprint density at radius 1 is 1.00 bits per heavy atom. The molecule has 4 rings (SSSR count). The minimum Gasteiger partial charge on any atom is -0.489 e. The van der Waals surface area contributed by atoms with Gasteiger partial charge in [0.05, 0.1) is 10.6 Å². The number of nitrogens with zero attached hydrogens (tertiary/aromatic N) is 2. The zero-order valence-electron chi connectivity index (χ0n) is 17.4. The van der Waals surface area contributed by atoms with E-state index in [9.17, 15) is 24.5 Å². The third kappa shape index (κ3) is 5.02. The fourth-order valence-corrected chi connectivity index (χ4v) is 3.49. The Bertz CT molecular complexity index is 1320. The maximum atomic E-state index is 13.0. The molecular weight excluding hydrogens is 506 g/mol. The minimum absolute atomic E-state index is 0.0107. The van der Waals surface area contributed by atoms with E-state index in [-0.39, 0.29) is 17.9 Å². The highest BCUT2D eigenvalue weighted by atomic mass is 79.9. The summed E-state index contributed by atoms with van der Waals surface area (Å²) in [5, 5.41) is 12.9. The number of benzene rings is 3. The summed E-state index contributed by atoms with van der Waals surface area (Å²) in [6, 6.07) is 18.4. The molecule has 0 bridgehead atoms. The molecule has 34 heavy (non-hydrogen) atoms. The molecule has 0 unspecified atom stereocenters. The quantitative estimate of drug-likeness (QED) is 0.219. The van der Waals surface area contributed by atoms with Gasteiger partial charge in [0, 0.05) is 16.6 Å². The summed E-state index contributed by atoms with van der Waals surface area (Å²) in [7, 11) is 0. The van der Waals surface area contributed by atoms with Crippen molar-refractivity contribution < 1.29 is 24.0 Å². The van der Waals surface area contributed by atoms with Crippen LogP contribution in [0.2, 0.25) is 0 Å². The SMILES string of the molecule is O=C1NC(=O)N(c2ccc(Br)cc2)C(=O)/C1=C\c1cccc(OCc2ccc([N+](=O)[O-])cc2)c1. The van der Waals surface area contributed by atoms with Crippen molar-refractivity contribution in [3.8, 4) is 5.75 Å². The fraction of sp³-hybridized carbons (Fsp3) is 0.0417. The van der Waals surface area contributed by atoms with Crippen LogP contribution in [-0.4, -0.2) is 22.8 Å². The van der Waals surface area contributed by atoms with Crippen molar-refractivity contribution in [1.82, 2.24) is 5.32 Å². The van der Waals surface area contributed by atoms with Gasteiger partial charge < -0.3 is 4.74 Å². The number of ether oxygens (including phenoxy) is 1. The van der Waals surface area contributed by atoms with Gasteiger partial charge in [-0.3, -0.25) is 25.0 Å². The maximum Gasteiger partial charge on any atom is 0.335 e. The monoisotopic (exact) mass is 521 g/mol. The summed E-state index contributed by atoms with van der Waals surface area (Å²) < 4.78 is 6.52. The normalized spacial score (nSPS) is 14.8. The molecule has 0 spiro atoms. The summed E-state index contributed by atoms with van der Waals surface area (Å²) in [6.07, 6.45) is 1.38. The molecule has 1 N–H and O–H groups in total. The highest BCUT2D eigenvalue weighted by Crippen LogP contribution is 2.25. The number of amides is 4. The number of urea groups is 1. The van der Waals surface area contributed by atoms with Gasteiger partial charge in [0.25, 0.3) is 17.5 Å². The summed E-state index contributed by atoms with van der Waals surface area (Å²) in [5.74, 6) is -1.06. The standard InChI is InChI=1S/C24H16BrN3O6/c25-17-6-10-18(11-7-17)27-23(30)21(22(29)26-24(27)31)13-16-2-1-3-20(12-16)34-14-15-4-8-19(9-5-15)28(32)33/h1-13H,14H2,(H,26,29,31)/b21-13-. The number of hydrogen-bond donors (Lipinski definition) is 1. The zero-order valence-corrected chi connectivity index (χ0v) is 19.0. The number of halogens is 1. The number of rotatable bonds is 6. The smallest absolute Gasteiger partial charge is 0.335 e. The van der Waals surface area contributed by atoms with E-state index in [1.807, 2.05) is 0 Å². The lowest BCUT2D eigenvalue weighted by Crippen LogP contribution is -2.54. The van der Waals surface area contributed by atoms with Crippen LogP contribution in [0.15, 0.2) is 82.8 Å². The first-order chi connectivity index (χ1) is 16.3. The number of carbonyl (C=O) groups excluding carboxylic acids is 3. The number of hydrogen-bond acceptors (Lipinski definition) is 6. The van der Waals surface area contributed by atoms with Crippen LogP contribution in [0.3, 0.4) is 0 Å². The van der Waals surface area contributed by atoms with Crippen molar-refractivity contribution in [2.45, 2.75) is 6.61 Å². The van der Waals surface area contributed by atoms with E-state index in [4.69, 9.17) is 4.74 Å². The van der Waals surface area contributed by atoms with Crippen molar-refractivity contribution in [3.63, 3.8) is 0 Å². The number of nitro benzene ring substituents is 1. The van der Waals surface area contributed by atoms with Crippen molar-refractivity contribution in [2.75, 3.05) is 4.90 Å². The minimum atomic E-state index is -0.824.